The molecule has 0 amide bonds. The summed E-state index contributed by atoms with van der Waals surface area (Å²) in [4.78, 5) is 0.0635. The zero-order valence-corrected chi connectivity index (χ0v) is 11.9. The van der Waals surface area contributed by atoms with Crippen molar-refractivity contribution >= 4 is 21.4 Å². The van der Waals surface area contributed by atoms with Crippen LogP contribution in [0.4, 0.5) is 11.4 Å². The largest absolute Gasteiger partial charge is 0.323 e. The molecule has 0 aliphatic carbocycles. The molecule has 0 atom stereocenters. The second-order valence-electron chi connectivity index (χ2n) is 4.28. The first-order valence-electron chi connectivity index (χ1n) is 6.11. The summed E-state index contributed by atoms with van der Waals surface area (Å²) < 4.78 is 27.1. The number of nitrogen functional groups attached to an aromatic ring is 1. The molecule has 0 heterocycles. The molecule has 7 heteroatoms. The van der Waals surface area contributed by atoms with Crippen LogP contribution in [-0.2, 0) is 16.4 Å². The molecular weight excluding hydrogens is 288 g/mol. The van der Waals surface area contributed by atoms with Crippen molar-refractivity contribution in [2.45, 2.75) is 11.3 Å². The quantitative estimate of drug-likeness (QED) is 0.577. The fourth-order valence-electron chi connectivity index (χ4n) is 1.81. The van der Waals surface area contributed by atoms with Gasteiger partial charge in [0.15, 0.2) is 0 Å². The van der Waals surface area contributed by atoms with Gasteiger partial charge in [-0.3, -0.25) is 10.6 Å². The minimum absolute atomic E-state index is 0.0635. The van der Waals surface area contributed by atoms with E-state index in [0.29, 0.717) is 11.4 Å². The number of nitrogens with two attached hydrogens (primary N) is 1. The molecule has 0 aliphatic heterocycles. The molecule has 0 spiro atoms. The molecule has 108 valence electrons. The van der Waals surface area contributed by atoms with Crippen LogP contribution in [-0.4, -0.2) is 8.42 Å². The number of benzene rings is 2. The standard InChI is InChI=1S/C14H14N4O2S/c15-10-9-11-5-7-12(8-6-11)18-21(19,20)14-4-2-1-3-13(14)17-16/h1-8,17-18H,9,16H2. The molecule has 2 rings (SSSR count). The van der Waals surface area contributed by atoms with Gasteiger partial charge in [-0.15, -0.1) is 0 Å². The van der Waals surface area contributed by atoms with Gasteiger partial charge in [-0.2, -0.15) is 5.26 Å². The third-order valence-corrected chi connectivity index (χ3v) is 4.26. The Bertz CT molecular complexity index is 764. The van der Waals surface area contributed by atoms with Crippen LogP contribution in [0.25, 0.3) is 0 Å². The first-order chi connectivity index (χ1) is 10.1. The Hall–Kier alpha value is -2.56. The highest BCUT2D eigenvalue weighted by molar-refractivity contribution is 7.92. The van der Waals surface area contributed by atoms with Crippen LogP contribution >= 0.6 is 0 Å². The Kier molecular flexibility index (Phi) is 4.42. The number of anilines is 2. The van der Waals surface area contributed by atoms with Crippen LogP contribution in [0.5, 0.6) is 0 Å². The summed E-state index contributed by atoms with van der Waals surface area (Å²) in [6, 6.07) is 15.0. The third kappa shape index (κ3) is 3.51. The highest BCUT2D eigenvalue weighted by Crippen LogP contribution is 2.22. The summed E-state index contributed by atoms with van der Waals surface area (Å²) in [5.41, 5.74) is 3.91. The van der Waals surface area contributed by atoms with Crippen LogP contribution in [0, 0.1) is 11.3 Å². The highest BCUT2D eigenvalue weighted by atomic mass is 32.2. The lowest BCUT2D eigenvalue weighted by Crippen LogP contribution is -2.17. The minimum Gasteiger partial charge on any atom is -0.323 e. The number of hydrogen-bond donors (Lipinski definition) is 3. The maximum Gasteiger partial charge on any atom is 0.264 e. The van der Waals surface area contributed by atoms with Crippen LogP contribution in [0.15, 0.2) is 53.4 Å². The summed E-state index contributed by atoms with van der Waals surface area (Å²) >= 11 is 0. The summed E-state index contributed by atoms with van der Waals surface area (Å²) in [5, 5.41) is 8.60. The molecule has 0 saturated carbocycles. The van der Waals surface area contributed by atoms with Crippen molar-refractivity contribution in [3.8, 4) is 6.07 Å². The van der Waals surface area contributed by atoms with Crippen molar-refractivity contribution in [2.75, 3.05) is 10.1 Å². The Labute approximate surface area is 123 Å². The number of sulfonamides is 1. The fourth-order valence-corrected chi connectivity index (χ4v) is 3.04. The van der Waals surface area contributed by atoms with Gasteiger partial charge in [0.25, 0.3) is 10.0 Å². The van der Waals surface area contributed by atoms with Crippen LogP contribution in [0.3, 0.4) is 0 Å². The van der Waals surface area contributed by atoms with E-state index in [9.17, 15) is 8.42 Å². The summed E-state index contributed by atoms with van der Waals surface area (Å²) in [6.45, 7) is 0. The van der Waals surface area contributed by atoms with E-state index in [2.05, 4.69) is 10.1 Å². The number of nitrogens with one attached hydrogen (secondary N) is 2. The van der Waals surface area contributed by atoms with Crippen LogP contribution < -0.4 is 16.0 Å². The van der Waals surface area contributed by atoms with E-state index in [0.717, 1.165) is 5.56 Å². The van der Waals surface area contributed by atoms with Gasteiger partial charge in [0.05, 0.1) is 18.2 Å². The van der Waals surface area contributed by atoms with Crippen LogP contribution in [0.1, 0.15) is 5.56 Å². The van der Waals surface area contributed by atoms with E-state index in [1.54, 1.807) is 42.5 Å². The summed E-state index contributed by atoms with van der Waals surface area (Å²) in [6.07, 6.45) is 0.285. The molecule has 2 aromatic carbocycles. The first kappa shape index (κ1) is 14.8. The van der Waals surface area contributed by atoms with Crippen molar-refractivity contribution in [1.29, 1.82) is 5.26 Å². The number of para-hydroxylation sites is 1. The van der Waals surface area contributed by atoms with Crippen LogP contribution in [0.2, 0.25) is 0 Å². The lowest BCUT2D eigenvalue weighted by molar-refractivity contribution is 0.601. The van der Waals surface area contributed by atoms with E-state index in [-0.39, 0.29) is 11.3 Å². The predicted molar refractivity (Wildman–Crippen MR) is 80.8 cm³/mol. The van der Waals surface area contributed by atoms with E-state index in [1.165, 1.54) is 6.07 Å². The minimum atomic E-state index is -3.74. The predicted octanol–water partition coefficient (Wildman–Crippen LogP) is 1.84. The van der Waals surface area contributed by atoms with Crippen molar-refractivity contribution in [3.63, 3.8) is 0 Å². The smallest absolute Gasteiger partial charge is 0.264 e. The van der Waals surface area contributed by atoms with Gasteiger partial charge < -0.3 is 5.43 Å². The molecule has 0 aromatic heterocycles. The van der Waals surface area contributed by atoms with Crippen molar-refractivity contribution in [3.05, 3.63) is 54.1 Å². The average molecular weight is 302 g/mol. The number of nitriles is 1. The van der Waals surface area contributed by atoms with Gasteiger partial charge in [-0.25, -0.2) is 8.42 Å². The average Bonchev–Trinajstić information content (AvgIpc) is 2.49. The number of nitrogens with zero attached hydrogens (tertiary/aromatic N) is 1. The maximum atomic E-state index is 12.3. The van der Waals surface area contributed by atoms with E-state index in [1.807, 2.05) is 6.07 Å². The molecule has 0 bridgehead atoms. The molecule has 2 aromatic rings. The van der Waals surface area contributed by atoms with E-state index in [4.69, 9.17) is 11.1 Å². The third-order valence-electron chi connectivity index (χ3n) is 2.82. The SMILES string of the molecule is N#CCc1ccc(NS(=O)(=O)c2ccccc2NN)cc1. The molecular formula is C14H14N4O2S. The van der Waals surface area contributed by atoms with Gasteiger partial charge in [0.2, 0.25) is 0 Å². The Morgan fingerprint density at radius 3 is 2.38 bits per heavy atom. The van der Waals surface area contributed by atoms with Gasteiger partial charge in [0, 0.05) is 5.69 Å². The maximum absolute atomic E-state index is 12.3. The summed E-state index contributed by atoms with van der Waals surface area (Å²) in [7, 11) is -3.74. The van der Waals surface area contributed by atoms with Crippen molar-refractivity contribution in [2.24, 2.45) is 5.84 Å². The van der Waals surface area contributed by atoms with E-state index >= 15 is 0 Å². The van der Waals surface area contributed by atoms with Gasteiger partial charge in [-0.05, 0) is 29.8 Å². The molecule has 6 nitrogen and oxygen atoms in total. The van der Waals surface area contributed by atoms with E-state index < -0.39 is 10.0 Å². The fraction of sp³-hybridized carbons (Fsp3) is 0.0714. The molecule has 0 unspecified atom stereocenters. The van der Waals surface area contributed by atoms with Crippen molar-refractivity contribution < 1.29 is 8.42 Å². The Balaban J connectivity index is 2.27. The second-order valence-corrected chi connectivity index (χ2v) is 5.93. The second kappa shape index (κ2) is 6.26. The zero-order valence-electron chi connectivity index (χ0n) is 11.1. The monoisotopic (exact) mass is 302 g/mol. The highest BCUT2D eigenvalue weighted by Gasteiger charge is 2.17. The summed E-state index contributed by atoms with van der Waals surface area (Å²) in [5.74, 6) is 5.32. The Morgan fingerprint density at radius 2 is 1.76 bits per heavy atom. The lowest BCUT2D eigenvalue weighted by Gasteiger charge is -2.11. The number of hydrogen-bond acceptors (Lipinski definition) is 5. The molecule has 0 saturated heterocycles. The molecule has 0 radical (unpaired) electrons. The Morgan fingerprint density at radius 1 is 1.10 bits per heavy atom. The number of hydrazine groups is 1. The van der Waals surface area contributed by atoms with Gasteiger partial charge in [0.1, 0.15) is 4.90 Å². The normalized spacial score (nSPS) is 10.7. The zero-order chi connectivity index (χ0) is 15.3. The van der Waals surface area contributed by atoms with Crippen molar-refractivity contribution in [1.82, 2.24) is 0 Å². The molecule has 21 heavy (non-hydrogen) atoms. The molecule has 0 aliphatic rings. The molecule has 0 fully saturated rings. The van der Waals surface area contributed by atoms with Gasteiger partial charge >= 0.3 is 0 Å². The molecule has 4 N–H and O–H groups in total. The number of rotatable bonds is 5. The first-order valence-corrected chi connectivity index (χ1v) is 7.59. The lowest BCUT2D eigenvalue weighted by atomic mass is 10.1. The van der Waals surface area contributed by atoms with Gasteiger partial charge in [-0.1, -0.05) is 24.3 Å². The topological polar surface area (TPSA) is 108 Å².